The van der Waals surface area contributed by atoms with Gasteiger partial charge in [-0.15, -0.1) is 0 Å². The minimum atomic E-state index is 0.779. The number of hydrogen-bond donors (Lipinski definition) is 1. The van der Waals surface area contributed by atoms with Crippen molar-refractivity contribution in [3.05, 3.63) is 0 Å². The first-order valence-corrected chi connectivity index (χ1v) is 7.46. The molecule has 0 heterocycles. The Hall–Kier alpha value is -0.0400. The van der Waals surface area contributed by atoms with Crippen LogP contribution in [0, 0.1) is 17.8 Å². The molecule has 1 rings (SSSR count). The van der Waals surface area contributed by atoms with E-state index < -0.39 is 0 Å². The van der Waals surface area contributed by atoms with E-state index in [1.807, 2.05) is 0 Å². The molecular formula is C15H31N. The molecule has 0 bridgehead atoms. The van der Waals surface area contributed by atoms with Crippen molar-refractivity contribution < 1.29 is 0 Å². The van der Waals surface area contributed by atoms with E-state index in [0.29, 0.717) is 0 Å². The predicted octanol–water partition coefficient (Wildman–Crippen LogP) is 4.23. The molecular weight excluding hydrogens is 194 g/mol. The molecule has 0 radical (unpaired) electrons. The molecule has 1 nitrogen and oxygen atoms in total. The van der Waals surface area contributed by atoms with Gasteiger partial charge in [-0.2, -0.15) is 0 Å². The highest BCUT2D eigenvalue weighted by Crippen LogP contribution is 2.37. The van der Waals surface area contributed by atoms with Crippen molar-refractivity contribution in [3.8, 4) is 0 Å². The Morgan fingerprint density at radius 3 is 2.44 bits per heavy atom. The molecule has 0 aromatic carbocycles. The molecule has 1 saturated carbocycles. The molecule has 1 fully saturated rings. The third-order valence-electron chi connectivity index (χ3n) is 4.55. The second-order valence-corrected chi connectivity index (χ2v) is 5.71. The van der Waals surface area contributed by atoms with Gasteiger partial charge in [-0.25, -0.2) is 0 Å². The Bertz CT molecular complexity index is 178. The molecule has 0 aromatic rings. The van der Waals surface area contributed by atoms with E-state index in [9.17, 15) is 0 Å². The van der Waals surface area contributed by atoms with Crippen LogP contribution in [0.25, 0.3) is 0 Å². The zero-order valence-corrected chi connectivity index (χ0v) is 11.8. The van der Waals surface area contributed by atoms with Crippen molar-refractivity contribution >= 4 is 0 Å². The molecule has 4 unspecified atom stereocenters. The number of nitrogens with one attached hydrogen (secondary N) is 1. The van der Waals surface area contributed by atoms with E-state index >= 15 is 0 Å². The maximum Gasteiger partial charge on any atom is 0.0121 e. The summed E-state index contributed by atoms with van der Waals surface area (Å²) in [6.07, 6.45) is 8.37. The van der Waals surface area contributed by atoms with Gasteiger partial charge in [-0.05, 0) is 43.6 Å². The smallest absolute Gasteiger partial charge is 0.0121 e. The monoisotopic (exact) mass is 225 g/mol. The van der Waals surface area contributed by atoms with E-state index in [4.69, 9.17) is 0 Å². The fraction of sp³-hybridized carbons (Fsp3) is 1.00. The Kier molecular flexibility index (Phi) is 6.41. The van der Waals surface area contributed by atoms with Gasteiger partial charge in [0.2, 0.25) is 0 Å². The van der Waals surface area contributed by atoms with Gasteiger partial charge in [-0.3, -0.25) is 0 Å². The highest BCUT2D eigenvalue weighted by Gasteiger charge is 2.31. The van der Waals surface area contributed by atoms with Gasteiger partial charge >= 0.3 is 0 Å². The lowest BCUT2D eigenvalue weighted by Crippen LogP contribution is -2.40. The molecule has 0 spiro atoms. The average molecular weight is 225 g/mol. The van der Waals surface area contributed by atoms with Gasteiger partial charge in [0, 0.05) is 6.04 Å². The summed E-state index contributed by atoms with van der Waals surface area (Å²) in [4.78, 5) is 0. The predicted molar refractivity (Wildman–Crippen MR) is 72.7 cm³/mol. The quantitative estimate of drug-likeness (QED) is 0.684. The van der Waals surface area contributed by atoms with Crippen LogP contribution in [0.15, 0.2) is 0 Å². The first kappa shape index (κ1) is 14.0. The molecule has 1 heteroatoms. The van der Waals surface area contributed by atoms with Crippen molar-refractivity contribution in [1.29, 1.82) is 0 Å². The SMILES string of the molecule is CCCNC(C(C)CC)C1CCC(CC)C1. The summed E-state index contributed by atoms with van der Waals surface area (Å²) in [6.45, 7) is 10.6. The van der Waals surface area contributed by atoms with E-state index in [1.165, 1.54) is 45.1 Å². The minimum Gasteiger partial charge on any atom is -0.313 e. The Labute approximate surface area is 102 Å². The van der Waals surface area contributed by atoms with Gasteiger partial charge in [0.05, 0.1) is 0 Å². The molecule has 1 aliphatic carbocycles. The lowest BCUT2D eigenvalue weighted by atomic mass is 9.85. The molecule has 0 aromatic heterocycles. The molecule has 1 N–H and O–H groups in total. The molecule has 16 heavy (non-hydrogen) atoms. The van der Waals surface area contributed by atoms with Crippen molar-refractivity contribution in [2.24, 2.45) is 17.8 Å². The van der Waals surface area contributed by atoms with E-state index in [2.05, 4.69) is 33.0 Å². The summed E-state index contributed by atoms with van der Waals surface area (Å²) >= 11 is 0. The minimum absolute atomic E-state index is 0.779. The van der Waals surface area contributed by atoms with Gasteiger partial charge < -0.3 is 5.32 Å². The molecule has 96 valence electrons. The Morgan fingerprint density at radius 1 is 1.19 bits per heavy atom. The summed E-state index contributed by atoms with van der Waals surface area (Å²) in [6, 6.07) is 0.779. The molecule has 4 atom stereocenters. The van der Waals surface area contributed by atoms with E-state index in [0.717, 1.165) is 23.8 Å². The average Bonchev–Trinajstić information content (AvgIpc) is 2.77. The zero-order chi connectivity index (χ0) is 12.0. The van der Waals surface area contributed by atoms with Crippen LogP contribution >= 0.6 is 0 Å². The van der Waals surface area contributed by atoms with Crippen molar-refractivity contribution in [2.45, 2.75) is 72.3 Å². The maximum atomic E-state index is 3.81. The highest BCUT2D eigenvalue weighted by molar-refractivity contribution is 4.86. The highest BCUT2D eigenvalue weighted by atomic mass is 14.9. The van der Waals surface area contributed by atoms with Crippen LogP contribution < -0.4 is 5.32 Å². The third-order valence-corrected chi connectivity index (χ3v) is 4.55. The molecule has 1 aliphatic rings. The fourth-order valence-corrected chi connectivity index (χ4v) is 3.21. The van der Waals surface area contributed by atoms with Crippen molar-refractivity contribution in [3.63, 3.8) is 0 Å². The summed E-state index contributed by atoms with van der Waals surface area (Å²) in [5.41, 5.74) is 0. The van der Waals surface area contributed by atoms with E-state index in [-0.39, 0.29) is 0 Å². The molecule has 0 amide bonds. The second-order valence-electron chi connectivity index (χ2n) is 5.71. The van der Waals surface area contributed by atoms with E-state index in [1.54, 1.807) is 0 Å². The summed E-state index contributed by atoms with van der Waals surface area (Å²) in [5.74, 6) is 2.80. The molecule has 0 aliphatic heterocycles. The largest absolute Gasteiger partial charge is 0.313 e. The maximum absolute atomic E-state index is 3.81. The lowest BCUT2D eigenvalue weighted by molar-refractivity contribution is 0.261. The first-order chi connectivity index (χ1) is 7.72. The second kappa shape index (κ2) is 7.32. The van der Waals surface area contributed by atoms with Crippen LogP contribution in [0.1, 0.15) is 66.2 Å². The lowest BCUT2D eigenvalue weighted by Gasteiger charge is -2.30. The number of hydrogen-bond acceptors (Lipinski definition) is 1. The van der Waals surface area contributed by atoms with Crippen LogP contribution in [0.4, 0.5) is 0 Å². The van der Waals surface area contributed by atoms with Crippen LogP contribution in [0.3, 0.4) is 0 Å². The van der Waals surface area contributed by atoms with Gasteiger partial charge in [-0.1, -0.05) is 47.0 Å². The van der Waals surface area contributed by atoms with Crippen LogP contribution in [-0.4, -0.2) is 12.6 Å². The van der Waals surface area contributed by atoms with Crippen LogP contribution in [0.5, 0.6) is 0 Å². The van der Waals surface area contributed by atoms with Gasteiger partial charge in [0.15, 0.2) is 0 Å². The normalized spacial score (nSPS) is 29.2. The van der Waals surface area contributed by atoms with Crippen LogP contribution in [0.2, 0.25) is 0 Å². The standard InChI is InChI=1S/C15H31N/c1-5-10-16-15(12(4)6-2)14-9-8-13(7-3)11-14/h12-16H,5-11H2,1-4H3. The summed E-state index contributed by atoms with van der Waals surface area (Å²) < 4.78 is 0. The fourth-order valence-electron chi connectivity index (χ4n) is 3.21. The summed E-state index contributed by atoms with van der Waals surface area (Å²) in [7, 11) is 0. The summed E-state index contributed by atoms with van der Waals surface area (Å²) in [5, 5.41) is 3.81. The Morgan fingerprint density at radius 2 is 1.94 bits per heavy atom. The number of rotatable bonds is 7. The van der Waals surface area contributed by atoms with Crippen LogP contribution in [-0.2, 0) is 0 Å². The van der Waals surface area contributed by atoms with Gasteiger partial charge in [0.1, 0.15) is 0 Å². The Balaban J connectivity index is 2.48. The van der Waals surface area contributed by atoms with Crippen molar-refractivity contribution in [2.75, 3.05) is 6.54 Å². The van der Waals surface area contributed by atoms with Crippen molar-refractivity contribution in [1.82, 2.24) is 5.32 Å². The first-order valence-electron chi connectivity index (χ1n) is 7.46. The topological polar surface area (TPSA) is 12.0 Å². The van der Waals surface area contributed by atoms with Gasteiger partial charge in [0.25, 0.3) is 0 Å². The zero-order valence-electron chi connectivity index (χ0n) is 11.8. The third kappa shape index (κ3) is 3.76. The molecule has 0 saturated heterocycles.